The van der Waals surface area contributed by atoms with E-state index in [9.17, 15) is 0 Å². The number of aromatic nitrogens is 3. The maximum atomic E-state index is 5.72. The first-order valence-corrected chi connectivity index (χ1v) is 9.07. The molecule has 0 radical (unpaired) electrons. The van der Waals surface area contributed by atoms with Crippen LogP contribution in [0.25, 0.3) is 11.2 Å². The van der Waals surface area contributed by atoms with E-state index in [1.807, 2.05) is 12.3 Å². The summed E-state index contributed by atoms with van der Waals surface area (Å²) in [5.74, 6) is 4.30. The quantitative estimate of drug-likeness (QED) is 0.852. The van der Waals surface area contributed by atoms with Crippen molar-refractivity contribution < 1.29 is 4.74 Å². The van der Waals surface area contributed by atoms with Crippen LogP contribution in [0.4, 0.5) is 0 Å². The van der Waals surface area contributed by atoms with Crippen molar-refractivity contribution in [3.05, 3.63) is 24.2 Å². The third-order valence-corrected chi connectivity index (χ3v) is 5.72. The van der Waals surface area contributed by atoms with Gasteiger partial charge in [0.15, 0.2) is 5.65 Å². The van der Waals surface area contributed by atoms with Gasteiger partial charge in [-0.25, -0.2) is 9.97 Å². The molecule has 112 valence electrons. The Hall–Kier alpha value is -1.07. The van der Waals surface area contributed by atoms with Gasteiger partial charge >= 0.3 is 0 Å². The van der Waals surface area contributed by atoms with Gasteiger partial charge < -0.3 is 9.30 Å². The molecule has 2 saturated heterocycles. The van der Waals surface area contributed by atoms with Crippen LogP contribution in [-0.2, 0) is 4.74 Å². The second kappa shape index (κ2) is 5.97. The van der Waals surface area contributed by atoms with E-state index in [1.54, 1.807) is 0 Å². The second-order valence-electron chi connectivity index (χ2n) is 5.97. The second-order valence-corrected chi connectivity index (χ2v) is 7.12. The van der Waals surface area contributed by atoms with E-state index in [1.165, 1.54) is 36.6 Å². The minimum atomic E-state index is 0.403. The van der Waals surface area contributed by atoms with E-state index in [2.05, 4.69) is 27.4 Å². The summed E-state index contributed by atoms with van der Waals surface area (Å²) >= 11 is 2.06. The monoisotopic (exact) mass is 303 g/mol. The van der Waals surface area contributed by atoms with Crippen molar-refractivity contribution in [3.63, 3.8) is 0 Å². The molecule has 2 aliphatic rings. The number of rotatable bonds is 2. The Balaban J connectivity index is 1.79. The Kier molecular flexibility index (Phi) is 3.86. The molecular weight excluding hydrogens is 282 g/mol. The minimum absolute atomic E-state index is 0.403. The van der Waals surface area contributed by atoms with E-state index in [4.69, 9.17) is 9.72 Å². The molecule has 2 aliphatic heterocycles. The molecule has 4 nitrogen and oxygen atoms in total. The summed E-state index contributed by atoms with van der Waals surface area (Å²) < 4.78 is 8.11. The van der Waals surface area contributed by atoms with Crippen molar-refractivity contribution in [3.8, 4) is 0 Å². The predicted molar refractivity (Wildman–Crippen MR) is 85.9 cm³/mol. The maximum Gasteiger partial charge on any atom is 0.160 e. The molecule has 2 atom stereocenters. The van der Waals surface area contributed by atoms with Crippen LogP contribution in [0.2, 0.25) is 0 Å². The summed E-state index contributed by atoms with van der Waals surface area (Å²) in [7, 11) is 0. The molecule has 0 amide bonds. The largest absolute Gasteiger partial charge is 0.379 e. The SMILES string of the molecule is c1cnc2c(c1)nc(C1CCCSC1)n2C1CCCOC1. The molecule has 0 aromatic carbocycles. The Morgan fingerprint density at radius 2 is 2.29 bits per heavy atom. The average molecular weight is 303 g/mol. The summed E-state index contributed by atoms with van der Waals surface area (Å²) in [6.45, 7) is 1.69. The maximum absolute atomic E-state index is 5.72. The highest BCUT2D eigenvalue weighted by Gasteiger charge is 2.28. The molecule has 0 N–H and O–H groups in total. The summed E-state index contributed by atoms with van der Waals surface area (Å²) in [5.41, 5.74) is 2.08. The number of ether oxygens (including phenoxy) is 1. The first kappa shape index (κ1) is 13.6. The predicted octanol–water partition coefficient (Wildman–Crippen LogP) is 3.39. The van der Waals surface area contributed by atoms with Gasteiger partial charge in [0.1, 0.15) is 11.3 Å². The molecule has 2 unspecified atom stereocenters. The van der Waals surface area contributed by atoms with Crippen molar-refractivity contribution >= 4 is 22.9 Å². The Bertz CT molecular complexity index is 615. The Morgan fingerprint density at radius 3 is 3.10 bits per heavy atom. The standard InChI is InChI=1S/C16H21N3OS/c1-6-14-16(17-7-1)19(13-5-2-8-20-10-13)15(18-14)12-4-3-9-21-11-12/h1,6-7,12-13H,2-5,8-11H2. The third-order valence-electron chi connectivity index (χ3n) is 4.50. The van der Waals surface area contributed by atoms with Gasteiger partial charge in [-0.1, -0.05) is 0 Å². The van der Waals surface area contributed by atoms with Crippen LogP contribution < -0.4 is 0 Å². The zero-order valence-electron chi connectivity index (χ0n) is 12.2. The van der Waals surface area contributed by atoms with Crippen LogP contribution in [0.3, 0.4) is 0 Å². The molecule has 4 rings (SSSR count). The molecule has 0 spiro atoms. The van der Waals surface area contributed by atoms with Gasteiger partial charge in [0.05, 0.1) is 12.6 Å². The fourth-order valence-corrected chi connectivity index (χ4v) is 4.60. The molecule has 2 aromatic rings. The normalized spacial score (nSPS) is 27.0. The van der Waals surface area contributed by atoms with E-state index in [0.717, 1.165) is 30.8 Å². The summed E-state index contributed by atoms with van der Waals surface area (Å²) in [6.07, 6.45) is 6.74. The molecule has 2 aromatic heterocycles. The number of hydrogen-bond donors (Lipinski definition) is 0. The van der Waals surface area contributed by atoms with Crippen LogP contribution >= 0.6 is 11.8 Å². The highest BCUT2D eigenvalue weighted by molar-refractivity contribution is 7.99. The van der Waals surface area contributed by atoms with Gasteiger partial charge in [0.25, 0.3) is 0 Å². The number of imidazole rings is 1. The lowest BCUT2D eigenvalue weighted by Gasteiger charge is -2.28. The molecule has 0 aliphatic carbocycles. The molecular formula is C16H21N3OS. The van der Waals surface area contributed by atoms with Gasteiger partial charge in [0, 0.05) is 24.5 Å². The fourth-order valence-electron chi connectivity index (χ4n) is 3.47. The van der Waals surface area contributed by atoms with Crippen LogP contribution in [-0.4, -0.2) is 39.3 Å². The van der Waals surface area contributed by atoms with Crippen LogP contribution in [0.15, 0.2) is 18.3 Å². The number of thioether (sulfide) groups is 1. The van der Waals surface area contributed by atoms with Gasteiger partial charge in [0.2, 0.25) is 0 Å². The number of fused-ring (bicyclic) bond motifs is 1. The summed E-state index contributed by atoms with van der Waals surface area (Å²) in [6, 6.07) is 4.47. The zero-order chi connectivity index (χ0) is 14.1. The van der Waals surface area contributed by atoms with Crippen LogP contribution in [0.5, 0.6) is 0 Å². The van der Waals surface area contributed by atoms with Gasteiger partial charge in [-0.2, -0.15) is 11.8 Å². The van der Waals surface area contributed by atoms with E-state index in [0.29, 0.717) is 12.0 Å². The van der Waals surface area contributed by atoms with Crippen molar-refractivity contribution in [2.24, 2.45) is 0 Å². The van der Waals surface area contributed by atoms with Gasteiger partial charge in [-0.15, -0.1) is 0 Å². The first-order chi connectivity index (χ1) is 10.4. The fraction of sp³-hybridized carbons (Fsp3) is 0.625. The number of hydrogen-bond acceptors (Lipinski definition) is 4. The summed E-state index contributed by atoms with van der Waals surface area (Å²) in [4.78, 5) is 9.55. The molecule has 0 saturated carbocycles. The van der Waals surface area contributed by atoms with E-state index >= 15 is 0 Å². The van der Waals surface area contributed by atoms with Crippen molar-refractivity contribution in [2.75, 3.05) is 24.7 Å². The van der Waals surface area contributed by atoms with Crippen molar-refractivity contribution in [1.82, 2.24) is 14.5 Å². The molecule has 5 heteroatoms. The first-order valence-electron chi connectivity index (χ1n) is 7.92. The van der Waals surface area contributed by atoms with E-state index in [-0.39, 0.29) is 0 Å². The van der Waals surface area contributed by atoms with Crippen molar-refractivity contribution in [2.45, 2.75) is 37.6 Å². The highest BCUT2D eigenvalue weighted by atomic mass is 32.2. The highest BCUT2D eigenvalue weighted by Crippen LogP contribution is 2.35. The average Bonchev–Trinajstić information content (AvgIpc) is 2.96. The van der Waals surface area contributed by atoms with Crippen LogP contribution in [0, 0.1) is 0 Å². The lowest BCUT2D eigenvalue weighted by molar-refractivity contribution is 0.0590. The van der Waals surface area contributed by atoms with Gasteiger partial charge in [-0.05, 0) is 43.6 Å². The van der Waals surface area contributed by atoms with Crippen molar-refractivity contribution in [1.29, 1.82) is 0 Å². The van der Waals surface area contributed by atoms with Gasteiger partial charge in [-0.3, -0.25) is 0 Å². The lowest BCUT2D eigenvalue weighted by Crippen LogP contribution is -2.25. The summed E-state index contributed by atoms with van der Waals surface area (Å²) in [5, 5.41) is 0. The Morgan fingerprint density at radius 1 is 1.29 bits per heavy atom. The van der Waals surface area contributed by atoms with E-state index < -0.39 is 0 Å². The molecule has 21 heavy (non-hydrogen) atoms. The van der Waals surface area contributed by atoms with Crippen LogP contribution in [0.1, 0.15) is 43.5 Å². The lowest BCUT2D eigenvalue weighted by atomic mass is 10.0. The smallest absolute Gasteiger partial charge is 0.160 e. The molecule has 2 fully saturated rings. The Labute approximate surface area is 129 Å². The number of pyridine rings is 1. The number of nitrogens with zero attached hydrogens (tertiary/aromatic N) is 3. The minimum Gasteiger partial charge on any atom is -0.379 e. The molecule has 0 bridgehead atoms. The molecule has 4 heterocycles. The zero-order valence-corrected chi connectivity index (χ0v) is 13.0. The topological polar surface area (TPSA) is 39.9 Å². The third kappa shape index (κ3) is 2.57.